The highest BCUT2D eigenvalue weighted by atomic mass is 19.1. The fourth-order valence-corrected chi connectivity index (χ4v) is 1.42. The van der Waals surface area contributed by atoms with E-state index in [1.165, 1.54) is 0 Å². The number of halogens is 2. The average molecular weight is 200 g/mol. The van der Waals surface area contributed by atoms with E-state index < -0.39 is 23.0 Å². The highest BCUT2D eigenvalue weighted by molar-refractivity contribution is 5.36. The molecular weight excluding hydrogens is 190 g/mol. The maximum atomic E-state index is 13.2. The molecule has 14 heavy (non-hydrogen) atoms. The van der Waals surface area contributed by atoms with Gasteiger partial charge in [-0.05, 0) is 12.8 Å². The van der Waals surface area contributed by atoms with Gasteiger partial charge in [-0.25, -0.2) is 8.78 Å². The van der Waals surface area contributed by atoms with Crippen LogP contribution in [0.4, 0.5) is 8.78 Å². The predicted molar refractivity (Wildman–Crippen MR) is 45.9 cm³/mol. The van der Waals surface area contributed by atoms with Gasteiger partial charge in [-0.1, -0.05) is 0 Å². The second-order valence-corrected chi connectivity index (χ2v) is 3.79. The molecule has 1 aromatic rings. The van der Waals surface area contributed by atoms with Gasteiger partial charge in [-0.3, -0.25) is 0 Å². The maximum Gasteiger partial charge on any atom is 0.133 e. The van der Waals surface area contributed by atoms with E-state index >= 15 is 0 Å². The van der Waals surface area contributed by atoms with E-state index in [-0.39, 0.29) is 12.0 Å². The number of hydrogen-bond donors (Lipinski definition) is 2. The molecule has 1 aliphatic carbocycles. The van der Waals surface area contributed by atoms with Crippen LogP contribution in [0.1, 0.15) is 18.4 Å². The van der Waals surface area contributed by atoms with Crippen molar-refractivity contribution in [2.45, 2.75) is 24.9 Å². The van der Waals surface area contributed by atoms with Gasteiger partial charge in [0, 0.05) is 24.1 Å². The molecule has 0 heterocycles. The van der Waals surface area contributed by atoms with Gasteiger partial charge in [-0.15, -0.1) is 0 Å². The van der Waals surface area contributed by atoms with Crippen molar-refractivity contribution >= 4 is 0 Å². The van der Waals surface area contributed by atoms with Gasteiger partial charge < -0.3 is 10.2 Å². The summed E-state index contributed by atoms with van der Waals surface area (Å²) < 4.78 is 25.8. The number of hydrogen-bond acceptors (Lipinski definition) is 2. The molecule has 1 aromatic carbocycles. The zero-order chi connectivity index (χ0) is 10.3. The SMILES string of the molecule is Oc1cc(F)cc(F)c1CC1(O)CC1. The lowest BCUT2D eigenvalue weighted by Crippen LogP contribution is -2.12. The van der Waals surface area contributed by atoms with Crippen LogP contribution in [0.5, 0.6) is 5.75 Å². The quantitative estimate of drug-likeness (QED) is 0.763. The highest BCUT2D eigenvalue weighted by Crippen LogP contribution is 2.40. The Morgan fingerprint density at radius 2 is 1.93 bits per heavy atom. The Morgan fingerprint density at radius 3 is 2.43 bits per heavy atom. The summed E-state index contributed by atoms with van der Waals surface area (Å²) in [6.45, 7) is 0. The van der Waals surface area contributed by atoms with Crippen LogP contribution in [0, 0.1) is 11.6 Å². The third kappa shape index (κ3) is 1.70. The van der Waals surface area contributed by atoms with Gasteiger partial charge in [0.1, 0.15) is 17.4 Å². The van der Waals surface area contributed by atoms with E-state index in [0.29, 0.717) is 18.9 Å². The van der Waals surface area contributed by atoms with E-state index in [1.807, 2.05) is 0 Å². The summed E-state index contributed by atoms with van der Waals surface area (Å²) in [6, 6.07) is 1.56. The summed E-state index contributed by atoms with van der Waals surface area (Å²) in [7, 11) is 0. The lowest BCUT2D eigenvalue weighted by molar-refractivity contribution is 0.148. The monoisotopic (exact) mass is 200 g/mol. The van der Waals surface area contributed by atoms with Gasteiger partial charge in [-0.2, -0.15) is 0 Å². The van der Waals surface area contributed by atoms with Crippen LogP contribution in [-0.2, 0) is 6.42 Å². The minimum Gasteiger partial charge on any atom is -0.507 e. The van der Waals surface area contributed by atoms with Crippen molar-refractivity contribution in [2.75, 3.05) is 0 Å². The first kappa shape index (κ1) is 9.40. The van der Waals surface area contributed by atoms with E-state index in [4.69, 9.17) is 0 Å². The lowest BCUT2D eigenvalue weighted by atomic mass is 10.0. The summed E-state index contributed by atoms with van der Waals surface area (Å²) in [5.41, 5.74) is -0.901. The van der Waals surface area contributed by atoms with Crippen molar-refractivity contribution in [3.05, 3.63) is 29.3 Å². The average Bonchev–Trinajstić information content (AvgIpc) is 2.77. The van der Waals surface area contributed by atoms with Crippen LogP contribution in [0.3, 0.4) is 0 Å². The number of aromatic hydroxyl groups is 1. The van der Waals surface area contributed by atoms with Crippen LogP contribution in [0.2, 0.25) is 0 Å². The first-order valence-electron chi connectivity index (χ1n) is 4.39. The maximum absolute atomic E-state index is 13.2. The summed E-state index contributed by atoms with van der Waals surface area (Å²) >= 11 is 0. The molecule has 0 bridgehead atoms. The zero-order valence-electron chi connectivity index (χ0n) is 7.43. The van der Waals surface area contributed by atoms with Crippen LogP contribution in [-0.4, -0.2) is 15.8 Å². The summed E-state index contributed by atoms with van der Waals surface area (Å²) in [5.74, 6) is -2.04. The molecule has 1 fully saturated rings. The van der Waals surface area contributed by atoms with Crippen LogP contribution in [0.15, 0.2) is 12.1 Å². The number of benzene rings is 1. The minimum absolute atomic E-state index is 0.00796. The minimum atomic E-state index is -0.893. The van der Waals surface area contributed by atoms with Gasteiger partial charge in [0.25, 0.3) is 0 Å². The van der Waals surface area contributed by atoms with Gasteiger partial charge >= 0.3 is 0 Å². The normalized spacial score (nSPS) is 18.2. The van der Waals surface area contributed by atoms with Crippen molar-refractivity contribution in [1.29, 1.82) is 0 Å². The van der Waals surface area contributed by atoms with Crippen LogP contribution in [0.25, 0.3) is 0 Å². The van der Waals surface area contributed by atoms with Crippen LogP contribution >= 0.6 is 0 Å². The molecule has 2 N–H and O–H groups in total. The summed E-state index contributed by atoms with van der Waals surface area (Å²) in [6.07, 6.45) is 1.25. The van der Waals surface area contributed by atoms with Gasteiger partial charge in [0.05, 0.1) is 5.60 Å². The molecular formula is C10H10F2O2. The molecule has 0 atom stereocenters. The van der Waals surface area contributed by atoms with Gasteiger partial charge in [0.2, 0.25) is 0 Å². The molecule has 2 rings (SSSR count). The third-order valence-corrected chi connectivity index (χ3v) is 2.47. The smallest absolute Gasteiger partial charge is 0.133 e. The number of phenolic OH excluding ortho intramolecular Hbond substituents is 1. The molecule has 0 spiro atoms. The first-order valence-corrected chi connectivity index (χ1v) is 4.39. The second kappa shape index (κ2) is 2.92. The molecule has 0 radical (unpaired) electrons. The Morgan fingerprint density at radius 1 is 1.29 bits per heavy atom. The number of rotatable bonds is 2. The van der Waals surface area contributed by atoms with E-state index in [1.54, 1.807) is 0 Å². The largest absolute Gasteiger partial charge is 0.507 e. The molecule has 0 unspecified atom stereocenters. The second-order valence-electron chi connectivity index (χ2n) is 3.79. The fourth-order valence-electron chi connectivity index (χ4n) is 1.42. The molecule has 0 aliphatic heterocycles. The zero-order valence-corrected chi connectivity index (χ0v) is 7.43. The number of phenols is 1. The van der Waals surface area contributed by atoms with E-state index in [9.17, 15) is 19.0 Å². The number of aliphatic hydroxyl groups is 1. The van der Waals surface area contributed by atoms with Crippen molar-refractivity contribution in [3.8, 4) is 5.75 Å². The van der Waals surface area contributed by atoms with Gasteiger partial charge in [0.15, 0.2) is 0 Å². The summed E-state index contributed by atoms with van der Waals surface area (Å²) in [4.78, 5) is 0. The van der Waals surface area contributed by atoms with E-state index in [0.717, 1.165) is 6.07 Å². The van der Waals surface area contributed by atoms with Crippen molar-refractivity contribution in [3.63, 3.8) is 0 Å². The summed E-state index contributed by atoms with van der Waals surface area (Å²) in [5, 5.41) is 18.8. The van der Waals surface area contributed by atoms with Crippen molar-refractivity contribution < 1.29 is 19.0 Å². The Bertz CT molecular complexity index is 349. The molecule has 4 heteroatoms. The van der Waals surface area contributed by atoms with Crippen molar-refractivity contribution in [1.82, 2.24) is 0 Å². The molecule has 1 aliphatic rings. The third-order valence-electron chi connectivity index (χ3n) is 2.47. The fraction of sp³-hybridized carbons (Fsp3) is 0.400. The topological polar surface area (TPSA) is 40.5 Å². The molecule has 1 saturated carbocycles. The Hall–Kier alpha value is -1.16. The molecule has 0 aromatic heterocycles. The molecule has 0 saturated heterocycles. The lowest BCUT2D eigenvalue weighted by Gasteiger charge is -2.10. The predicted octanol–water partition coefficient (Wildman–Crippen LogP) is 1.74. The standard InChI is InChI=1S/C10H10F2O2/c11-6-3-8(12)7(9(13)4-6)5-10(14)1-2-10/h3-4,13-14H,1-2,5H2. The Kier molecular flexibility index (Phi) is 1.96. The highest BCUT2D eigenvalue weighted by Gasteiger charge is 2.41. The Labute approximate surface area is 79.8 Å². The first-order chi connectivity index (χ1) is 6.50. The van der Waals surface area contributed by atoms with Crippen LogP contribution < -0.4 is 0 Å². The Balaban J connectivity index is 2.32. The van der Waals surface area contributed by atoms with E-state index in [2.05, 4.69) is 0 Å². The van der Waals surface area contributed by atoms with Crippen molar-refractivity contribution in [2.24, 2.45) is 0 Å². The molecule has 0 amide bonds. The molecule has 2 nitrogen and oxygen atoms in total. The molecule has 76 valence electrons.